The van der Waals surface area contributed by atoms with Gasteiger partial charge in [0.05, 0.1) is 27.1 Å². The molecule has 0 unspecified atom stereocenters. The molecule has 1 aliphatic rings. The Morgan fingerprint density at radius 3 is 2.57 bits per heavy atom. The molecule has 0 fully saturated rings. The van der Waals surface area contributed by atoms with E-state index < -0.39 is 0 Å². The molecule has 2 heterocycles. The Hall–Kier alpha value is -4.19. The standard InChI is InChI=1S/C31H31NO5/c1-5-36-29-17-30-26(27(19-37-30)25-15-23(34-3)10-11-28(25)35-4)16-24(29)20(2)14-31(33)32-13-12-21-8-6-7-9-22(21)18-32/h6-11,14-17,19H,5,12-13,18H2,1-4H3/b20-14+. The van der Waals surface area contributed by atoms with Gasteiger partial charge in [-0.25, -0.2) is 0 Å². The highest BCUT2D eigenvalue weighted by molar-refractivity contribution is 6.01. The fraction of sp³-hybridized carbons (Fsp3) is 0.258. The Morgan fingerprint density at radius 1 is 1.00 bits per heavy atom. The first-order chi connectivity index (χ1) is 18.0. The summed E-state index contributed by atoms with van der Waals surface area (Å²) in [7, 11) is 3.28. The number of ether oxygens (including phenoxy) is 3. The van der Waals surface area contributed by atoms with Crippen LogP contribution in [0.15, 0.2) is 71.4 Å². The van der Waals surface area contributed by atoms with Crippen molar-refractivity contribution in [1.82, 2.24) is 4.90 Å². The van der Waals surface area contributed by atoms with Crippen LogP contribution >= 0.6 is 0 Å². The number of furan rings is 1. The number of amides is 1. The Balaban J connectivity index is 1.54. The van der Waals surface area contributed by atoms with Gasteiger partial charge in [-0.2, -0.15) is 0 Å². The van der Waals surface area contributed by atoms with E-state index >= 15 is 0 Å². The largest absolute Gasteiger partial charge is 0.497 e. The summed E-state index contributed by atoms with van der Waals surface area (Å²) in [5, 5.41) is 0.900. The minimum absolute atomic E-state index is 0.00331. The van der Waals surface area contributed by atoms with Gasteiger partial charge >= 0.3 is 0 Å². The summed E-state index contributed by atoms with van der Waals surface area (Å²) in [6, 6.07) is 17.9. The van der Waals surface area contributed by atoms with Crippen LogP contribution in [0, 0.1) is 0 Å². The van der Waals surface area contributed by atoms with E-state index in [0.29, 0.717) is 36.8 Å². The lowest BCUT2D eigenvalue weighted by Gasteiger charge is -2.28. The van der Waals surface area contributed by atoms with Crippen LogP contribution in [0.3, 0.4) is 0 Å². The molecule has 0 N–H and O–H groups in total. The molecule has 0 saturated carbocycles. The highest BCUT2D eigenvalue weighted by atomic mass is 16.5. The molecule has 0 spiro atoms. The summed E-state index contributed by atoms with van der Waals surface area (Å²) in [4.78, 5) is 15.2. The second kappa shape index (κ2) is 10.4. The maximum atomic E-state index is 13.3. The summed E-state index contributed by atoms with van der Waals surface area (Å²) in [5.41, 5.74) is 6.64. The zero-order valence-corrected chi connectivity index (χ0v) is 21.7. The number of allylic oxidation sites excluding steroid dienone is 1. The number of carbonyl (C=O) groups is 1. The van der Waals surface area contributed by atoms with Crippen LogP contribution in [0.5, 0.6) is 17.2 Å². The van der Waals surface area contributed by atoms with E-state index in [-0.39, 0.29) is 5.91 Å². The third-order valence-corrected chi connectivity index (χ3v) is 6.88. The Morgan fingerprint density at radius 2 is 1.81 bits per heavy atom. The molecule has 1 aromatic heterocycles. The van der Waals surface area contributed by atoms with Crippen molar-refractivity contribution in [2.75, 3.05) is 27.4 Å². The highest BCUT2D eigenvalue weighted by Gasteiger charge is 2.21. The summed E-state index contributed by atoms with van der Waals surface area (Å²) in [5.74, 6) is 2.11. The monoisotopic (exact) mass is 497 g/mol. The number of nitrogens with zero attached hydrogens (tertiary/aromatic N) is 1. The van der Waals surface area contributed by atoms with Crippen LogP contribution in [-0.4, -0.2) is 38.2 Å². The van der Waals surface area contributed by atoms with Gasteiger partial charge in [-0.15, -0.1) is 0 Å². The SMILES string of the molecule is CCOc1cc2occ(-c3cc(OC)ccc3OC)c2cc1/C(C)=C/C(=O)N1CCc2ccccc2C1. The second-order valence-corrected chi connectivity index (χ2v) is 9.10. The van der Waals surface area contributed by atoms with E-state index in [1.54, 1.807) is 26.6 Å². The molecule has 0 atom stereocenters. The van der Waals surface area contributed by atoms with Crippen molar-refractivity contribution >= 4 is 22.4 Å². The average Bonchev–Trinajstić information content (AvgIpc) is 3.34. The smallest absolute Gasteiger partial charge is 0.247 e. The summed E-state index contributed by atoms with van der Waals surface area (Å²) >= 11 is 0. The fourth-order valence-electron chi connectivity index (χ4n) is 4.91. The summed E-state index contributed by atoms with van der Waals surface area (Å²) in [6.07, 6.45) is 4.30. The first kappa shape index (κ1) is 24.5. The fourth-order valence-corrected chi connectivity index (χ4v) is 4.91. The molecular weight excluding hydrogens is 466 g/mol. The Labute approximate surface area is 217 Å². The van der Waals surface area contributed by atoms with Crippen LogP contribution < -0.4 is 14.2 Å². The molecule has 3 aromatic carbocycles. The van der Waals surface area contributed by atoms with Crippen LogP contribution in [0.1, 0.15) is 30.5 Å². The molecule has 1 aliphatic heterocycles. The predicted octanol–water partition coefficient (Wildman–Crippen LogP) is 6.50. The van der Waals surface area contributed by atoms with Gasteiger partial charge < -0.3 is 23.5 Å². The van der Waals surface area contributed by atoms with Crippen molar-refractivity contribution in [2.45, 2.75) is 26.8 Å². The number of rotatable bonds is 7. The zero-order chi connectivity index (χ0) is 25.9. The molecule has 37 heavy (non-hydrogen) atoms. The van der Waals surface area contributed by atoms with Gasteiger partial charge in [-0.3, -0.25) is 4.79 Å². The molecule has 0 bridgehead atoms. The maximum Gasteiger partial charge on any atom is 0.247 e. The van der Waals surface area contributed by atoms with Crippen molar-refractivity contribution in [1.29, 1.82) is 0 Å². The number of hydrogen-bond donors (Lipinski definition) is 0. The Bertz CT molecular complexity index is 1480. The third-order valence-electron chi connectivity index (χ3n) is 6.88. The number of benzene rings is 3. The normalized spacial score (nSPS) is 13.4. The number of carbonyl (C=O) groups excluding carboxylic acids is 1. The van der Waals surface area contributed by atoms with Crippen LogP contribution in [0.4, 0.5) is 0 Å². The molecule has 1 amide bonds. The van der Waals surface area contributed by atoms with Crippen LogP contribution in [0.25, 0.3) is 27.7 Å². The lowest BCUT2D eigenvalue weighted by molar-refractivity contribution is -0.126. The van der Waals surface area contributed by atoms with Crippen LogP contribution in [-0.2, 0) is 17.8 Å². The van der Waals surface area contributed by atoms with Gasteiger partial charge in [-0.05, 0) is 61.2 Å². The van der Waals surface area contributed by atoms with Gasteiger partial charge in [0.1, 0.15) is 22.8 Å². The topological polar surface area (TPSA) is 61.1 Å². The second-order valence-electron chi connectivity index (χ2n) is 9.10. The van der Waals surface area contributed by atoms with Gasteiger partial charge in [0.2, 0.25) is 5.91 Å². The van der Waals surface area contributed by atoms with E-state index in [2.05, 4.69) is 18.2 Å². The highest BCUT2D eigenvalue weighted by Crippen LogP contribution is 2.41. The van der Waals surface area contributed by atoms with Crippen molar-refractivity contribution in [3.8, 4) is 28.4 Å². The molecule has 0 saturated heterocycles. The molecule has 190 valence electrons. The molecule has 6 nitrogen and oxygen atoms in total. The average molecular weight is 498 g/mol. The molecule has 4 aromatic rings. The molecule has 0 aliphatic carbocycles. The summed E-state index contributed by atoms with van der Waals surface area (Å²) in [6.45, 7) is 5.72. The molecule has 0 radical (unpaired) electrons. The van der Waals surface area contributed by atoms with Gasteiger partial charge in [-0.1, -0.05) is 24.3 Å². The van der Waals surface area contributed by atoms with E-state index in [9.17, 15) is 4.79 Å². The lowest BCUT2D eigenvalue weighted by Crippen LogP contribution is -2.34. The lowest BCUT2D eigenvalue weighted by atomic mass is 9.98. The van der Waals surface area contributed by atoms with Gasteiger partial charge in [0.15, 0.2) is 0 Å². The zero-order valence-electron chi connectivity index (χ0n) is 21.7. The first-order valence-electron chi connectivity index (χ1n) is 12.5. The summed E-state index contributed by atoms with van der Waals surface area (Å²) < 4.78 is 23.0. The van der Waals surface area contributed by atoms with E-state index in [1.165, 1.54) is 11.1 Å². The quantitative estimate of drug-likeness (QED) is 0.273. The molecular formula is C31H31NO5. The maximum absolute atomic E-state index is 13.3. The third kappa shape index (κ3) is 4.79. The number of methoxy groups -OCH3 is 2. The van der Waals surface area contributed by atoms with Crippen molar-refractivity contribution in [2.24, 2.45) is 0 Å². The van der Waals surface area contributed by atoms with Crippen molar-refractivity contribution in [3.05, 3.63) is 83.6 Å². The first-order valence-corrected chi connectivity index (χ1v) is 12.5. The molecule has 5 rings (SSSR count). The Kier molecular flexibility index (Phi) is 6.91. The number of hydrogen-bond acceptors (Lipinski definition) is 5. The van der Waals surface area contributed by atoms with E-state index in [4.69, 9.17) is 18.6 Å². The number of fused-ring (bicyclic) bond motifs is 2. The van der Waals surface area contributed by atoms with E-state index in [0.717, 1.165) is 39.8 Å². The minimum atomic E-state index is -0.00331. The van der Waals surface area contributed by atoms with Gasteiger partial charge in [0, 0.05) is 47.3 Å². The predicted molar refractivity (Wildman–Crippen MR) is 145 cm³/mol. The van der Waals surface area contributed by atoms with Gasteiger partial charge in [0.25, 0.3) is 0 Å². The van der Waals surface area contributed by atoms with Crippen molar-refractivity contribution in [3.63, 3.8) is 0 Å². The van der Waals surface area contributed by atoms with Crippen molar-refractivity contribution < 1.29 is 23.4 Å². The van der Waals surface area contributed by atoms with Crippen LogP contribution in [0.2, 0.25) is 0 Å². The van der Waals surface area contributed by atoms with E-state index in [1.807, 2.05) is 55.1 Å². The molecule has 6 heteroatoms. The minimum Gasteiger partial charge on any atom is -0.497 e.